The Morgan fingerprint density at radius 3 is 2.44 bits per heavy atom. The van der Waals surface area contributed by atoms with Crippen LogP contribution in [0.3, 0.4) is 0 Å². The molecule has 0 aliphatic heterocycles. The molecular formula is C20H21N5. The average Bonchev–Trinajstić information content (AvgIpc) is 2.61. The molecule has 3 aromatic carbocycles. The number of hydrogen-bond donors (Lipinski definition) is 5. The van der Waals surface area contributed by atoms with E-state index in [4.69, 9.17) is 22.9 Å². The monoisotopic (exact) mass is 331 g/mol. The van der Waals surface area contributed by atoms with Gasteiger partial charge in [-0.15, -0.1) is 0 Å². The van der Waals surface area contributed by atoms with E-state index in [0.29, 0.717) is 11.4 Å². The lowest BCUT2D eigenvalue weighted by Crippen LogP contribution is -2.02. The molecule has 0 unspecified atom stereocenters. The summed E-state index contributed by atoms with van der Waals surface area (Å²) in [5.74, 6) is 0. The number of fused-ring (bicyclic) bond motifs is 1. The zero-order valence-electron chi connectivity index (χ0n) is 13.7. The van der Waals surface area contributed by atoms with Crippen molar-refractivity contribution in [3.63, 3.8) is 0 Å². The summed E-state index contributed by atoms with van der Waals surface area (Å²) in [4.78, 5) is 0. The van der Waals surface area contributed by atoms with Crippen LogP contribution in [0.2, 0.25) is 0 Å². The Morgan fingerprint density at radius 1 is 0.920 bits per heavy atom. The maximum Gasteiger partial charge on any atom is 0.0484 e. The van der Waals surface area contributed by atoms with E-state index in [1.54, 1.807) is 12.2 Å². The normalized spacial score (nSPS) is 11.9. The second kappa shape index (κ2) is 6.88. The summed E-state index contributed by atoms with van der Waals surface area (Å²) in [6.07, 6.45) is 4.80. The van der Waals surface area contributed by atoms with Crippen LogP contribution in [0.1, 0.15) is 5.56 Å². The molecule has 0 aliphatic rings. The van der Waals surface area contributed by atoms with Gasteiger partial charge in [-0.1, -0.05) is 24.3 Å². The van der Waals surface area contributed by atoms with Gasteiger partial charge in [-0.2, -0.15) is 0 Å². The third kappa shape index (κ3) is 3.35. The lowest BCUT2D eigenvalue weighted by atomic mass is 10.1. The lowest BCUT2D eigenvalue weighted by molar-refractivity contribution is 1.48. The predicted octanol–water partition coefficient (Wildman–Crippen LogP) is 3.52. The Labute approximate surface area is 146 Å². The van der Waals surface area contributed by atoms with Crippen LogP contribution in [0.5, 0.6) is 0 Å². The van der Waals surface area contributed by atoms with E-state index in [0.717, 1.165) is 33.4 Å². The maximum absolute atomic E-state index is 6.16. The van der Waals surface area contributed by atoms with Crippen LogP contribution < -0.4 is 28.3 Å². The number of rotatable bonds is 4. The number of hydrogen-bond acceptors (Lipinski definition) is 5. The molecule has 9 N–H and O–H groups in total. The van der Waals surface area contributed by atoms with Crippen LogP contribution in [-0.2, 0) is 0 Å². The van der Waals surface area contributed by atoms with Gasteiger partial charge < -0.3 is 28.3 Å². The fraction of sp³-hybridized carbons (Fsp3) is 0. The van der Waals surface area contributed by atoms with E-state index in [2.05, 4.69) is 5.32 Å². The third-order valence-electron chi connectivity index (χ3n) is 3.97. The van der Waals surface area contributed by atoms with Crippen molar-refractivity contribution >= 4 is 39.2 Å². The number of nitrogen functional groups attached to an aromatic ring is 2. The third-order valence-corrected chi connectivity index (χ3v) is 3.97. The minimum absolute atomic E-state index is 0.542. The first-order valence-corrected chi connectivity index (χ1v) is 7.88. The molecule has 0 atom stereocenters. The molecule has 0 amide bonds. The first-order chi connectivity index (χ1) is 12.1. The van der Waals surface area contributed by atoms with Crippen LogP contribution in [-0.4, -0.2) is 0 Å². The summed E-state index contributed by atoms with van der Waals surface area (Å²) in [5.41, 5.74) is 28.1. The van der Waals surface area contributed by atoms with Crippen molar-refractivity contribution in [2.45, 2.75) is 0 Å². The second-order valence-electron chi connectivity index (χ2n) is 5.68. The van der Waals surface area contributed by atoms with Gasteiger partial charge in [0.2, 0.25) is 0 Å². The van der Waals surface area contributed by atoms with Crippen molar-refractivity contribution in [1.82, 2.24) is 0 Å². The van der Waals surface area contributed by atoms with E-state index in [1.165, 1.54) is 6.20 Å². The van der Waals surface area contributed by atoms with Crippen molar-refractivity contribution in [3.05, 3.63) is 78.5 Å². The van der Waals surface area contributed by atoms with Gasteiger partial charge in [-0.05, 0) is 54.1 Å². The SMILES string of the molecule is N/C=C\C=C(/N)c1cc(Nc2cccc3cccc(N)c23)ccc1N. The smallest absolute Gasteiger partial charge is 0.0484 e. The summed E-state index contributed by atoms with van der Waals surface area (Å²) < 4.78 is 0. The summed E-state index contributed by atoms with van der Waals surface area (Å²) in [6.45, 7) is 0. The van der Waals surface area contributed by atoms with Crippen molar-refractivity contribution < 1.29 is 0 Å². The molecule has 0 aliphatic carbocycles. The zero-order chi connectivity index (χ0) is 17.8. The van der Waals surface area contributed by atoms with Gasteiger partial charge in [0, 0.05) is 39.4 Å². The van der Waals surface area contributed by atoms with Crippen LogP contribution >= 0.6 is 0 Å². The molecule has 0 spiro atoms. The summed E-state index contributed by atoms with van der Waals surface area (Å²) in [6, 6.07) is 17.5. The van der Waals surface area contributed by atoms with Gasteiger partial charge in [0.25, 0.3) is 0 Å². The fourth-order valence-electron chi connectivity index (χ4n) is 2.76. The molecular weight excluding hydrogens is 310 g/mol. The fourth-order valence-corrected chi connectivity index (χ4v) is 2.76. The van der Waals surface area contributed by atoms with Gasteiger partial charge in [0.05, 0.1) is 0 Å². The van der Waals surface area contributed by atoms with Gasteiger partial charge in [-0.3, -0.25) is 0 Å². The van der Waals surface area contributed by atoms with E-state index >= 15 is 0 Å². The zero-order valence-corrected chi connectivity index (χ0v) is 13.7. The molecule has 0 radical (unpaired) electrons. The van der Waals surface area contributed by atoms with Crippen LogP contribution in [0.4, 0.5) is 22.7 Å². The highest BCUT2D eigenvalue weighted by Gasteiger charge is 2.07. The highest BCUT2D eigenvalue weighted by Crippen LogP contribution is 2.32. The largest absolute Gasteiger partial charge is 0.405 e. The molecule has 0 fully saturated rings. The van der Waals surface area contributed by atoms with E-state index < -0.39 is 0 Å². The highest BCUT2D eigenvalue weighted by molar-refractivity contribution is 6.03. The maximum atomic E-state index is 6.16. The number of anilines is 4. The average molecular weight is 331 g/mol. The Kier molecular flexibility index (Phi) is 4.48. The van der Waals surface area contributed by atoms with Gasteiger partial charge >= 0.3 is 0 Å². The molecule has 0 saturated heterocycles. The molecule has 5 heteroatoms. The lowest BCUT2D eigenvalue weighted by Gasteiger charge is -2.14. The van der Waals surface area contributed by atoms with E-state index in [1.807, 2.05) is 54.6 Å². The van der Waals surface area contributed by atoms with Crippen molar-refractivity contribution in [3.8, 4) is 0 Å². The molecule has 0 heterocycles. The van der Waals surface area contributed by atoms with E-state index in [-0.39, 0.29) is 0 Å². The molecule has 126 valence electrons. The Hall–Kier alpha value is -3.60. The molecule has 0 saturated carbocycles. The summed E-state index contributed by atoms with van der Waals surface area (Å²) in [7, 11) is 0. The molecule has 25 heavy (non-hydrogen) atoms. The Balaban J connectivity index is 2.02. The van der Waals surface area contributed by atoms with Crippen molar-refractivity contribution in [2.24, 2.45) is 11.5 Å². The van der Waals surface area contributed by atoms with Gasteiger partial charge in [-0.25, -0.2) is 0 Å². The number of nitrogens with one attached hydrogen (secondary N) is 1. The molecule has 5 nitrogen and oxygen atoms in total. The standard InChI is InChI=1S/C20H21N5/c21-11-3-7-16(22)15-12-14(9-10-17(15)23)25-19-8-2-5-13-4-1-6-18(24)20(13)19/h1-12,25H,21-24H2/b11-3-,16-7-. The number of benzene rings is 3. The minimum Gasteiger partial charge on any atom is -0.405 e. The first-order valence-electron chi connectivity index (χ1n) is 7.88. The van der Waals surface area contributed by atoms with Crippen molar-refractivity contribution in [1.29, 1.82) is 0 Å². The molecule has 0 aromatic heterocycles. The first kappa shape index (κ1) is 16.3. The number of nitrogens with two attached hydrogens (primary N) is 4. The number of allylic oxidation sites excluding steroid dienone is 2. The molecule has 3 aromatic rings. The van der Waals surface area contributed by atoms with E-state index in [9.17, 15) is 0 Å². The van der Waals surface area contributed by atoms with Crippen LogP contribution in [0, 0.1) is 0 Å². The van der Waals surface area contributed by atoms with Gasteiger partial charge in [0.15, 0.2) is 0 Å². The summed E-state index contributed by atoms with van der Waals surface area (Å²) in [5, 5.41) is 5.47. The minimum atomic E-state index is 0.542. The van der Waals surface area contributed by atoms with Gasteiger partial charge in [0.1, 0.15) is 0 Å². The van der Waals surface area contributed by atoms with Crippen molar-refractivity contribution in [2.75, 3.05) is 16.8 Å². The quantitative estimate of drug-likeness (QED) is 0.370. The summed E-state index contributed by atoms with van der Waals surface area (Å²) >= 11 is 0. The van der Waals surface area contributed by atoms with Crippen LogP contribution in [0.25, 0.3) is 16.5 Å². The Morgan fingerprint density at radius 2 is 1.68 bits per heavy atom. The predicted molar refractivity (Wildman–Crippen MR) is 108 cm³/mol. The topological polar surface area (TPSA) is 116 Å². The second-order valence-corrected chi connectivity index (χ2v) is 5.68. The molecule has 3 rings (SSSR count). The Bertz CT molecular complexity index is 968. The van der Waals surface area contributed by atoms with Crippen LogP contribution in [0.15, 0.2) is 72.9 Å². The highest BCUT2D eigenvalue weighted by atomic mass is 14.9. The molecule has 0 bridgehead atoms.